The lowest BCUT2D eigenvalue weighted by Crippen LogP contribution is -2.55. The van der Waals surface area contributed by atoms with Crippen LogP contribution in [-0.2, 0) is 18.0 Å². The fourth-order valence-electron chi connectivity index (χ4n) is 3.13. The summed E-state index contributed by atoms with van der Waals surface area (Å²) in [4.78, 5) is 0. The zero-order valence-corrected chi connectivity index (χ0v) is 14.2. The molecule has 5 atom stereocenters. The Labute approximate surface area is 152 Å². The molecular weight excluding hydrogens is 369 g/mol. The summed E-state index contributed by atoms with van der Waals surface area (Å²) in [6, 6.07) is 7.12. The minimum atomic E-state index is -4.58. The van der Waals surface area contributed by atoms with Crippen LogP contribution in [0, 0.1) is 0 Å². The second kappa shape index (κ2) is 7.21. The van der Waals surface area contributed by atoms with E-state index in [1.807, 2.05) is 0 Å². The normalized spacial score (nSPS) is 29.1. The predicted octanol–water partition coefficient (Wildman–Crippen LogP) is 0.621. The van der Waals surface area contributed by atoms with E-state index in [1.165, 1.54) is 13.1 Å². The Morgan fingerprint density at radius 3 is 2.41 bits per heavy atom. The van der Waals surface area contributed by atoms with E-state index in [4.69, 9.17) is 4.74 Å². The van der Waals surface area contributed by atoms with E-state index < -0.39 is 49.0 Å². The number of ether oxygens (including phenoxy) is 1. The van der Waals surface area contributed by atoms with Crippen molar-refractivity contribution in [3.63, 3.8) is 0 Å². The highest BCUT2D eigenvalue weighted by Gasteiger charge is 2.44. The van der Waals surface area contributed by atoms with Gasteiger partial charge in [0.25, 0.3) is 0 Å². The number of alkyl halides is 3. The van der Waals surface area contributed by atoms with Gasteiger partial charge in [-0.2, -0.15) is 18.3 Å². The number of aliphatic hydroxyl groups is 4. The van der Waals surface area contributed by atoms with E-state index in [-0.39, 0.29) is 5.69 Å². The van der Waals surface area contributed by atoms with Crippen molar-refractivity contribution >= 4 is 0 Å². The first-order valence-electron chi connectivity index (χ1n) is 8.15. The number of hydrogen-bond acceptors (Lipinski definition) is 6. The summed E-state index contributed by atoms with van der Waals surface area (Å²) in [5.41, 5.74) is -0.0545. The highest BCUT2D eigenvalue weighted by atomic mass is 19.4. The van der Waals surface area contributed by atoms with E-state index in [1.54, 1.807) is 18.2 Å². The standard InChI is InChI=1S/C17H19F3N2O5/c1-22-10(6-12(21-22)17(18,19)20)8-3-2-4-9(5-8)16-15(26)14(25)13(24)11(7-23)27-16/h2-6,11,13-16,23-26H,7H2,1H3/t11-,13-,14+,15+,16-/m1/s1. The SMILES string of the molecule is Cn1nc(C(F)(F)F)cc1-c1cccc([C@H]2O[C@H](CO)[C@@H](O)[C@H](O)[C@@H]2O)c1. The smallest absolute Gasteiger partial charge is 0.394 e. The highest BCUT2D eigenvalue weighted by molar-refractivity contribution is 5.61. The maximum Gasteiger partial charge on any atom is 0.435 e. The summed E-state index contributed by atoms with van der Waals surface area (Å²) in [5.74, 6) is 0. The van der Waals surface area contributed by atoms with Gasteiger partial charge in [0.1, 0.15) is 30.5 Å². The summed E-state index contributed by atoms with van der Waals surface area (Å²) in [6.45, 7) is -0.572. The van der Waals surface area contributed by atoms with Crippen LogP contribution in [0.1, 0.15) is 17.4 Å². The van der Waals surface area contributed by atoms with Crippen molar-refractivity contribution in [1.29, 1.82) is 0 Å². The molecule has 148 valence electrons. The lowest BCUT2D eigenvalue weighted by molar-refractivity contribution is -0.231. The molecule has 1 fully saturated rings. The molecule has 3 rings (SSSR count). The number of aromatic nitrogens is 2. The van der Waals surface area contributed by atoms with Gasteiger partial charge < -0.3 is 25.2 Å². The first kappa shape index (κ1) is 19.8. The summed E-state index contributed by atoms with van der Waals surface area (Å²) >= 11 is 0. The van der Waals surface area contributed by atoms with E-state index in [0.717, 1.165) is 10.7 Å². The van der Waals surface area contributed by atoms with Gasteiger partial charge >= 0.3 is 6.18 Å². The third-order valence-electron chi connectivity index (χ3n) is 4.57. The number of hydrogen-bond donors (Lipinski definition) is 4. The van der Waals surface area contributed by atoms with Crippen LogP contribution in [0.15, 0.2) is 30.3 Å². The average Bonchev–Trinajstić information content (AvgIpc) is 3.02. The summed E-state index contributed by atoms with van der Waals surface area (Å²) in [6.07, 6.45) is -11.2. The zero-order chi connectivity index (χ0) is 19.9. The van der Waals surface area contributed by atoms with Gasteiger partial charge in [-0.25, -0.2) is 0 Å². The largest absolute Gasteiger partial charge is 0.435 e. The molecule has 27 heavy (non-hydrogen) atoms. The van der Waals surface area contributed by atoms with Crippen LogP contribution in [0.2, 0.25) is 0 Å². The zero-order valence-electron chi connectivity index (χ0n) is 14.2. The second-order valence-electron chi connectivity index (χ2n) is 6.41. The predicted molar refractivity (Wildman–Crippen MR) is 86.4 cm³/mol. The molecule has 10 heteroatoms. The Kier molecular flexibility index (Phi) is 5.28. The lowest BCUT2D eigenvalue weighted by Gasteiger charge is -2.40. The maximum atomic E-state index is 12.9. The van der Waals surface area contributed by atoms with Gasteiger partial charge in [0, 0.05) is 12.6 Å². The first-order valence-corrected chi connectivity index (χ1v) is 8.15. The first-order chi connectivity index (χ1) is 12.6. The van der Waals surface area contributed by atoms with Gasteiger partial charge in [-0.15, -0.1) is 0 Å². The van der Waals surface area contributed by atoms with Crippen molar-refractivity contribution in [2.24, 2.45) is 7.05 Å². The molecule has 0 spiro atoms. The molecule has 0 saturated carbocycles. The van der Waals surface area contributed by atoms with Gasteiger partial charge in [0.15, 0.2) is 5.69 Å². The van der Waals surface area contributed by atoms with Crippen LogP contribution in [0.3, 0.4) is 0 Å². The highest BCUT2D eigenvalue weighted by Crippen LogP contribution is 2.35. The molecule has 1 saturated heterocycles. The Morgan fingerprint density at radius 2 is 1.81 bits per heavy atom. The number of benzene rings is 1. The Morgan fingerprint density at radius 1 is 1.11 bits per heavy atom. The maximum absolute atomic E-state index is 12.9. The Balaban J connectivity index is 1.96. The van der Waals surface area contributed by atoms with Gasteiger partial charge in [-0.1, -0.05) is 18.2 Å². The average molecular weight is 388 g/mol. The molecule has 2 aromatic rings. The van der Waals surface area contributed by atoms with Crippen molar-refractivity contribution in [3.05, 3.63) is 41.6 Å². The molecule has 7 nitrogen and oxygen atoms in total. The van der Waals surface area contributed by atoms with Crippen molar-refractivity contribution in [3.8, 4) is 11.3 Å². The van der Waals surface area contributed by atoms with Crippen LogP contribution in [0.5, 0.6) is 0 Å². The second-order valence-corrected chi connectivity index (χ2v) is 6.41. The lowest BCUT2D eigenvalue weighted by atomic mass is 9.90. The molecule has 1 aromatic carbocycles. The number of nitrogens with zero attached hydrogens (tertiary/aromatic N) is 2. The van der Waals surface area contributed by atoms with Gasteiger partial charge in [0.2, 0.25) is 0 Å². The summed E-state index contributed by atoms with van der Waals surface area (Å²) in [5, 5.41) is 42.7. The molecule has 0 amide bonds. The number of aryl methyl sites for hydroxylation is 1. The molecule has 0 bridgehead atoms. The van der Waals surface area contributed by atoms with Crippen LogP contribution >= 0.6 is 0 Å². The van der Waals surface area contributed by atoms with Gasteiger partial charge in [-0.3, -0.25) is 4.68 Å². The molecule has 0 aliphatic carbocycles. The fraction of sp³-hybridized carbons (Fsp3) is 0.471. The molecule has 4 N–H and O–H groups in total. The third-order valence-corrected chi connectivity index (χ3v) is 4.57. The van der Waals surface area contributed by atoms with E-state index >= 15 is 0 Å². The van der Waals surface area contributed by atoms with E-state index in [0.29, 0.717) is 11.1 Å². The number of aliphatic hydroxyl groups excluding tert-OH is 4. The molecule has 0 radical (unpaired) electrons. The van der Waals surface area contributed by atoms with E-state index in [9.17, 15) is 33.6 Å². The number of halogens is 3. The monoisotopic (exact) mass is 388 g/mol. The molecule has 0 unspecified atom stereocenters. The topological polar surface area (TPSA) is 108 Å². The van der Waals surface area contributed by atoms with Crippen molar-refractivity contribution < 1.29 is 38.3 Å². The van der Waals surface area contributed by atoms with Crippen LogP contribution in [0.25, 0.3) is 11.3 Å². The number of rotatable bonds is 3. The Hall–Kier alpha value is -1.98. The molecule has 1 aliphatic rings. The van der Waals surface area contributed by atoms with Gasteiger partial charge in [0.05, 0.1) is 12.3 Å². The molecule has 1 aromatic heterocycles. The molecule has 2 heterocycles. The molecule has 1 aliphatic heterocycles. The summed E-state index contributed by atoms with van der Waals surface area (Å²) in [7, 11) is 1.38. The van der Waals surface area contributed by atoms with Crippen molar-refractivity contribution in [1.82, 2.24) is 9.78 Å². The van der Waals surface area contributed by atoms with Gasteiger partial charge in [-0.05, 0) is 17.7 Å². The van der Waals surface area contributed by atoms with Crippen LogP contribution < -0.4 is 0 Å². The summed E-state index contributed by atoms with van der Waals surface area (Å²) < 4.78 is 45.2. The molecular formula is C17H19F3N2O5. The quantitative estimate of drug-likeness (QED) is 0.614. The van der Waals surface area contributed by atoms with Crippen LogP contribution in [0.4, 0.5) is 13.2 Å². The van der Waals surface area contributed by atoms with Crippen molar-refractivity contribution in [2.45, 2.75) is 36.7 Å². The van der Waals surface area contributed by atoms with Crippen molar-refractivity contribution in [2.75, 3.05) is 6.61 Å². The minimum Gasteiger partial charge on any atom is -0.394 e. The van der Waals surface area contributed by atoms with E-state index in [2.05, 4.69) is 5.10 Å². The third kappa shape index (κ3) is 3.71. The van der Waals surface area contributed by atoms with Crippen LogP contribution in [-0.4, -0.2) is 61.2 Å². The fourth-order valence-corrected chi connectivity index (χ4v) is 3.13. The minimum absolute atomic E-state index is 0.203. The Bertz CT molecular complexity index is 808.